The van der Waals surface area contributed by atoms with E-state index in [1.807, 2.05) is 6.07 Å². The van der Waals surface area contributed by atoms with Crippen LogP contribution < -0.4 is 16.0 Å². The van der Waals surface area contributed by atoms with E-state index >= 15 is 0 Å². The minimum atomic E-state index is -0.945. The van der Waals surface area contributed by atoms with Crippen molar-refractivity contribution in [1.82, 2.24) is 20.0 Å². The van der Waals surface area contributed by atoms with Gasteiger partial charge in [-0.2, -0.15) is 0 Å². The van der Waals surface area contributed by atoms with Crippen LogP contribution in [0.5, 0.6) is 0 Å². The summed E-state index contributed by atoms with van der Waals surface area (Å²) in [6, 6.07) is 4.71. The third kappa shape index (κ3) is 4.33. The first-order valence-electron chi connectivity index (χ1n) is 12.2. The number of piperidine rings is 2. The molecule has 4 aliphatic heterocycles. The summed E-state index contributed by atoms with van der Waals surface area (Å²) in [5.41, 5.74) is 7.45. The minimum absolute atomic E-state index is 0.114. The molecule has 3 saturated heterocycles. The lowest BCUT2D eigenvalue weighted by atomic mass is 10.0. The topological polar surface area (TPSA) is 119 Å². The van der Waals surface area contributed by atoms with E-state index in [1.165, 1.54) is 0 Å². The number of nitrogens with one attached hydrogen (secondary N) is 1. The van der Waals surface area contributed by atoms with Gasteiger partial charge in [-0.3, -0.25) is 34.3 Å². The first-order valence-corrected chi connectivity index (χ1v) is 12.2. The van der Waals surface area contributed by atoms with Crippen LogP contribution in [-0.2, 0) is 9.59 Å². The van der Waals surface area contributed by atoms with Gasteiger partial charge in [-0.05, 0) is 44.5 Å². The highest BCUT2D eigenvalue weighted by atomic mass is 16.2. The predicted molar refractivity (Wildman–Crippen MR) is 125 cm³/mol. The van der Waals surface area contributed by atoms with E-state index in [0.29, 0.717) is 17.2 Å². The molecule has 3 fully saturated rings. The summed E-state index contributed by atoms with van der Waals surface area (Å²) in [4.78, 5) is 58.4. The number of nitrogens with zero attached hydrogens (tertiary/aromatic N) is 4. The number of likely N-dealkylation sites (tertiary alicyclic amines) is 1. The second kappa shape index (κ2) is 9.44. The van der Waals surface area contributed by atoms with Gasteiger partial charge in [0.1, 0.15) is 6.04 Å². The molecule has 1 aromatic rings. The summed E-state index contributed by atoms with van der Waals surface area (Å²) in [7, 11) is 0. The van der Waals surface area contributed by atoms with Gasteiger partial charge in [-0.15, -0.1) is 0 Å². The van der Waals surface area contributed by atoms with Gasteiger partial charge in [-0.1, -0.05) is 6.07 Å². The number of nitrogens with two attached hydrogens (primary N) is 1. The van der Waals surface area contributed by atoms with Crippen LogP contribution >= 0.6 is 0 Å². The van der Waals surface area contributed by atoms with Crippen molar-refractivity contribution in [2.75, 3.05) is 57.3 Å². The molecule has 0 radical (unpaired) electrons. The lowest BCUT2D eigenvalue weighted by molar-refractivity contribution is -0.136. The predicted octanol–water partition coefficient (Wildman–Crippen LogP) is -0.367. The van der Waals surface area contributed by atoms with Crippen molar-refractivity contribution in [1.29, 1.82) is 0 Å². The number of benzene rings is 1. The van der Waals surface area contributed by atoms with Crippen LogP contribution in [0.1, 0.15) is 46.4 Å². The largest absolute Gasteiger partial charge is 0.368 e. The van der Waals surface area contributed by atoms with Crippen molar-refractivity contribution in [3.63, 3.8) is 0 Å². The van der Waals surface area contributed by atoms with Crippen molar-refractivity contribution in [2.45, 2.75) is 37.8 Å². The first kappa shape index (κ1) is 22.9. The van der Waals surface area contributed by atoms with E-state index in [2.05, 4.69) is 20.0 Å². The SMILES string of the molecule is NC1CCN(CCN2CCN(c3cccc4c3C(=O)N(C3CCC(=O)NC3=O)C4=O)CC2)CC1. The fourth-order valence-corrected chi connectivity index (χ4v) is 5.43. The number of fused-ring (bicyclic) bond motifs is 1. The molecule has 0 bridgehead atoms. The number of anilines is 1. The number of hydrogen-bond donors (Lipinski definition) is 2. The smallest absolute Gasteiger partial charge is 0.264 e. The number of piperazine rings is 1. The molecule has 1 unspecified atom stereocenters. The van der Waals surface area contributed by atoms with E-state index in [-0.39, 0.29) is 18.7 Å². The van der Waals surface area contributed by atoms with Crippen LogP contribution in [0.4, 0.5) is 5.69 Å². The van der Waals surface area contributed by atoms with Crippen LogP contribution in [0.3, 0.4) is 0 Å². The van der Waals surface area contributed by atoms with E-state index in [1.54, 1.807) is 12.1 Å². The van der Waals surface area contributed by atoms with E-state index in [9.17, 15) is 19.2 Å². The Labute approximate surface area is 199 Å². The molecule has 0 saturated carbocycles. The standard InChI is InChI=1S/C24H32N6O4/c25-16-6-8-27(9-7-16)10-11-28-12-14-29(15-13-28)18-3-1-2-17-21(18)24(34)30(23(17)33)19-4-5-20(31)26-22(19)32/h1-3,16,19H,4-15,25H2,(H,26,31,32). The Balaban J connectivity index is 1.23. The van der Waals surface area contributed by atoms with Gasteiger partial charge in [0.2, 0.25) is 11.8 Å². The Bertz CT molecular complexity index is 997. The van der Waals surface area contributed by atoms with Gasteiger partial charge in [0.25, 0.3) is 11.8 Å². The quantitative estimate of drug-likeness (QED) is 0.562. The van der Waals surface area contributed by atoms with Gasteiger partial charge in [-0.25, -0.2) is 0 Å². The zero-order chi connectivity index (χ0) is 23.8. The minimum Gasteiger partial charge on any atom is -0.368 e. The molecule has 1 aromatic carbocycles. The Hall–Kier alpha value is -2.82. The molecule has 10 nitrogen and oxygen atoms in total. The lowest BCUT2D eigenvalue weighted by Gasteiger charge is -2.38. The zero-order valence-corrected chi connectivity index (χ0v) is 19.4. The number of carbonyl (C=O) groups is 4. The molecular weight excluding hydrogens is 436 g/mol. The molecule has 1 atom stereocenters. The number of imide groups is 2. The highest BCUT2D eigenvalue weighted by Gasteiger charge is 2.46. The summed E-state index contributed by atoms with van der Waals surface area (Å²) in [6.45, 7) is 7.49. The van der Waals surface area contributed by atoms with Crippen molar-refractivity contribution >= 4 is 29.3 Å². The Morgan fingerprint density at radius 3 is 2.21 bits per heavy atom. The second-order valence-electron chi connectivity index (χ2n) is 9.65. The molecule has 0 spiro atoms. The van der Waals surface area contributed by atoms with Crippen molar-refractivity contribution in [2.24, 2.45) is 5.73 Å². The maximum atomic E-state index is 13.4. The number of rotatable bonds is 5. The molecule has 4 amide bonds. The molecule has 10 heteroatoms. The Kier molecular flexibility index (Phi) is 6.37. The molecule has 4 aliphatic rings. The van der Waals surface area contributed by atoms with Gasteiger partial charge >= 0.3 is 0 Å². The normalized spacial score (nSPS) is 25.1. The fourth-order valence-electron chi connectivity index (χ4n) is 5.43. The van der Waals surface area contributed by atoms with Crippen molar-refractivity contribution in [3.8, 4) is 0 Å². The molecular formula is C24H32N6O4. The van der Waals surface area contributed by atoms with Crippen molar-refractivity contribution in [3.05, 3.63) is 29.3 Å². The van der Waals surface area contributed by atoms with Crippen molar-refractivity contribution < 1.29 is 19.2 Å². The summed E-state index contributed by atoms with van der Waals surface area (Å²) >= 11 is 0. The van der Waals surface area contributed by atoms with Crippen LogP contribution in [0.25, 0.3) is 0 Å². The van der Waals surface area contributed by atoms with E-state index < -0.39 is 23.8 Å². The second-order valence-corrected chi connectivity index (χ2v) is 9.65. The average Bonchev–Trinajstić information content (AvgIpc) is 3.09. The molecule has 0 aliphatic carbocycles. The number of amides is 4. The monoisotopic (exact) mass is 468 g/mol. The number of hydrogen-bond acceptors (Lipinski definition) is 8. The van der Waals surface area contributed by atoms with Gasteiger partial charge in [0.15, 0.2) is 0 Å². The third-order valence-electron chi connectivity index (χ3n) is 7.52. The highest BCUT2D eigenvalue weighted by molar-refractivity contribution is 6.25. The maximum Gasteiger partial charge on any atom is 0.264 e. The van der Waals surface area contributed by atoms with E-state index in [0.717, 1.165) is 75.8 Å². The third-order valence-corrected chi connectivity index (χ3v) is 7.52. The molecule has 4 heterocycles. The number of carbonyl (C=O) groups excluding carboxylic acids is 4. The molecule has 34 heavy (non-hydrogen) atoms. The lowest BCUT2D eigenvalue weighted by Crippen LogP contribution is -2.54. The van der Waals surface area contributed by atoms with Crippen LogP contribution in [0.15, 0.2) is 18.2 Å². The summed E-state index contributed by atoms with van der Waals surface area (Å²) in [5, 5.41) is 2.25. The molecule has 0 aromatic heterocycles. The first-order chi connectivity index (χ1) is 16.4. The summed E-state index contributed by atoms with van der Waals surface area (Å²) in [6.07, 6.45) is 2.40. The maximum absolute atomic E-state index is 13.4. The molecule has 3 N–H and O–H groups in total. The highest BCUT2D eigenvalue weighted by Crippen LogP contribution is 2.34. The zero-order valence-electron chi connectivity index (χ0n) is 19.4. The molecule has 182 valence electrons. The van der Waals surface area contributed by atoms with Gasteiger partial charge < -0.3 is 15.5 Å². The van der Waals surface area contributed by atoms with Crippen LogP contribution in [0, 0.1) is 0 Å². The van der Waals surface area contributed by atoms with Crippen LogP contribution in [0.2, 0.25) is 0 Å². The van der Waals surface area contributed by atoms with E-state index in [4.69, 9.17) is 5.73 Å². The van der Waals surface area contributed by atoms with Gasteiger partial charge in [0, 0.05) is 51.7 Å². The molecule has 5 rings (SSSR count). The summed E-state index contributed by atoms with van der Waals surface area (Å²) in [5.74, 6) is -1.87. The summed E-state index contributed by atoms with van der Waals surface area (Å²) < 4.78 is 0. The fraction of sp³-hybridized carbons (Fsp3) is 0.583. The average molecular weight is 469 g/mol. The Morgan fingerprint density at radius 1 is 0.853 bits per heavy atom. The van der Waals surface area contributed by atoms with Crippen LogP contribution in [-0.4, -0.2) is 103 Å². The Morgan fingerprint density at radius 2 is 1.53 bits per heavy atom. The van der Waals surface area contributed by atoms with Gasteiger partial charge in [0.05, 0.1) is 16.8 Å².